The molecule has 0 aromatic heterocycles. The lowest BCUT2D eigenvalue weighted by Gasteiger charge is -2.34. The molecule has 78 valence electrons. The van der Waals surface area contributed by atoms with Gasteiger partial charge in [-0.25, -0.2) is 0 Å². The third-order valence-electron chi connectivity index (χ3n) is 4.27. The molecule has 3 fully saturated rings. The number of carboxylic acids is 1. The summed E-state index contributed by atoms with van der Waals surface area (Å²) in [6, 6.07) is 0.505. The first-order valence-electron chi connectivity index (χ1n) is 5.72. The van der Waals surface area contributed by atoms with E-state index < -0.39 is 11.5 Å². The molecule has 0 radical (unpaired) electrons. The zero-order valence-corrected chi connectivity index (χ0v) is 8.33. The van der Waals surface area contributed by atoms with E-state index in [0.29, 0.717) is 17.9 Å². The minimum Gasteiger partial charge on any atom is -0.480 e. The van der Waals surface area contributed by atoms with Crippen LogP contribution in [0.4, 0.5) is 0 Å². The monoisotopic (exact) mass is 195 g/mol. The first-order valence-corrected chi connectivity index (χ1v) is 5.72. The number of nitrogens with one attached hydrogen (secondary N) is 1. The number of rotatable bonds is 3. The van der Waals surface area contributed by atoms with E-state index in [1.54, 1.807) is 0 Å². The molecule has 0 heterocycles. The Labute approximate surface area is 83.9 Å². The normalized spacial score (nSPS) is 45.7. The van der Waals surface area contributed by atoms with Crippen molar-refractivity contribution >= 4 is 5.97 Å². The number of hydrogen-bond acceptors (Lipinski definition) is 2. The lowest BCUT2D eigenvalue weighted by Crippen LogP contribution is -2.56. The van der Waals surface area contributed by atoms with Crippen molar-refractivity contribution in [3.63, 3.8) is 0 Å². The SMILES string of the molecule is O=C(O)C1(NC2CC2)CC2CCC1C2. The highest BCUT2D eigenvalue weighted by atomic mass is 16.4. The summed E-state index contributed by atoms with van der Waals surface area (Å²) in [6.45, 7) is 0. The lowest BCUT2D eigenvalue weighted by atomic mass is 9.81. The van der Waals surface area contributed by atoms with Gasteiger partial charge in [-0.1, -0.05) is 6.42 Å². The standard InChI is InChI=1S/C11H17NO2/c13-10(14)11(12-9-3-4-9)6-7-1-2-8(11)5-7/h7-9,12H,1-6H2,(H,13,14). The largest absolute Gasteiger partial charge is 0.480 e. The quantitative estimate of drug-likeness (QED) is 0.715. The van der Waals surface area contributed by atoms with Crippen LogP contribution in [0.5, 0.6) is 0 Å². The predicted octanol–water partition coefficient (Wildman–Crippen LogP) is 1.38. The number of carboxylic acid groups (broad SMARTS) is 1. The van der Waals surface area contributed by atoms with Crippen LogP contribution >= 0.6 is 0 Å². The van der Waals surface area contributed by atoms with E-state index in [-0.39, 0.29) is 0 Å². The summed E-state index contributed by atoms with van der Waals surface area (Å²) in [5, 5.41) is 12.8. The Kier molecular flexibility index (Phi) is 1.69. The van der Waals surface area contributed by atoms with Gasteiger partial charge in [0.2, 0.25) is 0 Å². The maximum atomic E-state index is 11.4. The molecule has 0 spiro atoms. The molecule has 0 amide bonds. The summed E-state index contributed by atoms with van der Waals surface area (Å²) in [5.74, 6) is 0.490. The van der Waals surface area contributed by atoms with E-state index >= 15 is 0 Å². The van der Waals surface area contributed by atoms with Gasteiger partial charge < -0.3 is 5.11 Å². The Hall–Kier alpha value is -0.570. The molecule has 3 aliphatic carbocycles. The van der Waals surface area contributed by atoms with Gasteiger partial charge >= 0.3 is 5.97 Å². The Morgan fingerprint density at radius 3 is 2.50 bits per heavy atom. The zero-order valence-electron chi connectivity index (χ0n) is 8.33. The minimum atomic E-state index is -0.600. The predicted molar refractivity (Wildman–Crippen MR) is 52.0 cm³/mol. The molecule has 3 heteroatoms. The van der Waals surface area contributed by atoms with Gasteiger partial charge in [-0.2, -0.15) is 0 Å². The van der Waals surface area contributed by atoms with E-state index in [9.17, 15) is 9.90 Å². The van der Waals surface area contributed by atoms with Crippen molar-refractivity contribution in [3.8, 4) is 0 Å². The zero-order chi connectivity index (χ0) is 9.76. The van der Waals surface area contributed by atoms with Crippen molar-refractivity contribution in [2.75, 3.05) is 0 Å². The third kappa shape index (κ3) is 1.11. The van der Waals surface area contributed by atoms with Crippen LogP contribution in [0.25, 0.3) is 0 Å². The van der Waals surface area contributed by atoms with E-state index in [0.717, 1.165) is 19.3 Å². The molecule has 0 aliphatic heterocycles. The van der Waals surface area contributed by atoms with Gasteiger partial charge in [0, 0.05) is 6.04 Å². The lowest BCUT2D eigenvalue weighted by molar-refractivity contribution is -0.147. The summed E-state index contributed by atoms with van der Waals surface area (Å²) < 4.78 is 0. The minimum absolute atomic E-state index is 0.408. The fourth-order valence-corrected chi connectivity index (χ4v) is 3.42. The van der Waals surface area contributed by atoms with Crippen molar-refractivity contribution in [3.05, 3.63) is 0 Å². The topological polar surface area (TPSA) is 49.3 Å². The molecule has 3 rings (SSSR count). The highest BCUT2D eigenvalue weighted by molar-refractivity contribution is 5.80. The molecule has 2 N–H and O–H groups in total. The van der Waals surface area contributed by atoms with Crippen molar-refractivity contribution in [1.82, 2.24) is 5.32 Å². The molecule has 3 atom stereocenters. The number of hydrogen-bond donors (Lipinski definition) is 2. The van der Waals surface area contributed by atoms with Gasteiger partial charge in [-0.3, -0.25) is 10.1 Å². The second-order valence-corrected chi connectivity index (χ2v) is 5.28. The van der Waals surface area contributed by atoms with Crippen LogP contribution < -0.4 is 5.32 Å². The fraction of sp³-hybridized carbons (Fsp3) is 0.909. The third-order valence-corrected chi connectivity index (χ3v) is 4.27. The van der Waals surface area contributed by atoms with Crippen LogP contribution in [0, 0.1) is 11.8 Å². The van der Waals surface area contributed by atoms with E-state index in [1.807, 2.05) is 0 Å². The van der Waals surface area contributed by atoms with Gasteiger partial charge in [-0.05, 0) is 43.9 Å². The number of fused-ring (bicyclic) bond motifs is 2. The van der Waals surface area contributed by atoms with E-state index in [2.05, 4.69) is 5.32 Å². The van der Waals surface area contributed by atoms with Gasteiger partial charge in [0.25, 0.3) is 0 Å². The van der Waals surface area contributed by atoms with Crippen LogP contribution in [0.2, 0.25) is 0 Å². The second-order valence-electron chi connectivity index (χ2n) is 5.28. The highest BCUT2D eigenvalue weighted by Crippen LogP contribution is 2.51. The smallest absolute Gasteiger partial charge is 0.324 e. The summed E-state index contributed by atoms with van der Waals surface area (Å²) in [6.07, 6.45) is 6.75. The molecular weight excluding hydrogens is 178 g/mol. The number of aliphatic carboxylic acids is 1. The molecule has 0 aromatic carbocycles. The second kappa shape index (κ2) is 2.72. The molecule has 0 saturated heterocycles. The first kappa shape index (κ1) is 8.72. The Morgan fingerprint density at radius 2 is 2.07 bits per heavy atom. The van der Waals surface area contributed by atoms with Gasteiger partial charge in [0.1, 0.15) is 5.54 Å². The van der Waals surface area contributed by atoms with Crippen LogP contribution in [-0.2, 0) is 4.79 Å². The molecule has 0 aromatic rings. The van der Waals surface area contributed by atoms with Crippen molar-refractivity contribution in [1.29, 1.82) is 0 Å². The summed E-state index contributed by atoms with van der Waals surface area (Å²) in [5.41, 5.74) is -0.538. The van der Waals surface area contributed by atoms with Crippen molar-refractivity contribution in [2.45, 2.75) is 50.1 Å². The highest BCUT2D eigenvalue weighted by Gasteiger charge is 2.57. The van der Waals surface area contributed by atoms with Crippen LogP contribution in [0.3, 0.4) is 0 Å². The molecule has 3 saturated carbocycles. The van der Waals surface area contributed by atoms with E-state index in [4.69, 9.17) is 0 Å². The van der Waals surface area contributed by atoms with Crippen LogP contribution in [0.1, 0.15) is 38.5 Å². The van der Waals surface area contributed by atoms with Gasteiger partial charge in [0.05, 0.1) is 0 Å². The molecule has 2 bridgehead atoms. The van der Waals surface area contributed by atoms with Crippen LogP contribution in [0.15, 0.2) is 0 Å². The summed E-state index contributed by atoms with van der Waals surface area (Å²) >= 11 is 0. The Balaban J connectivity index is 1.84. The van der Waals surface area contributed by atoms with Crippen LogP contribution in [-0.4, -0.2) is 22.7 Å². The molecular formula is C11H17NO2. The number of carbonyl (C=O) groups is 1. The fourth-order valence-electron chi connectivity index (χ4n) is 3.42. The average molecular weight is 195 g/mol. The Bertz CT molecular complexity index is 274. The maximum absolute atomic E-state index is 11.4. The maximum Gasteiger partial charge on any atom is 0.324 e. The molecule has 3 aliphatic rings. The Morgan fingerprint density at radius 1 is 1.29 bits per heavy atom. The van der Waals surface area contributed by atoms with Gasteiger partial charge in [0.15, 0.2) is 0 Å². The van der Waals surface area contributed by atoms with Crippen molar-refractivity contribution < 1.29 is 9.90 Å². The average Bonchev–Trinajstić information content (AvgIpc) is 2.74. The first-order chi connectivity index (χ1) is 6.71. The van der Waals surface area contributed by atoms with E-state index in [1.165, 1.54) is 19.3 Å². The summed E-state index contributed by atoms with van der Waals surface area (Å²) in [7, 11) is 0. The molecule has 14 heavy (non-hydrogen) atoms. The molecule has 3 nitrogen and oxygen atoms in total. The summed E-state index contributed by atoms with van der Waals surface area (Å²) in [4.78, 5) is 11.4. The molecule has 3 unspecified atom stereocenters. The van der Waals surface area contributed by atoms with Crippen molar-refractivity contribution in [2.24, 2.45) is 11.8 Å². The van der Waals surface area contributed by atoms with Gasteiger partial charge in [-0.15, -0.1) is 0 Å².